The van der Waals surface area contributed by atoms with Crippen molar-refractivity contribution in [1.29, 1.82) is 0 Å². The molecule has 3 heterocycles. The molecule has 0 radical (unpaired) electrons. The van der Waals surface area contributed by atoms with Gasteiger partial charge in [0.15, 0.2) is 5.76 Å². The molecule has 5 heteroatoms. The van der Waals surface area contributed by atoms with Crippen LogP contribution in [0.15, 0.2) is 47.3 Å². The summed E-state index contributed by atoms with van der Waals surface area (Å²) in [4.78, 5) is 12.7. The summed E-state index contributed by atoms with van der Waals surface area (Å²) in [6.45, 7) is 3.99. The first-order chi connectivity index (χ1) is 9.72. The van der Waals surface area contributed by atoms with Gasteiger partial charge in [0.25, 0.3) is 0 Å². The third-order valence-electron chi connectivity index (χ3n) is 2.90. The zero-order valence-corrected chi connectivity index (χ0v) is 11.3. The maximum absolute atomic E-state index is 5.67. The fraction of sp³-hybridized carbons (Fsp3) is 0.133. The zero-order chi connectivity index (χ0) is 13.9. The van der Waals surface area contributed by atoms with E-state index in [4.69, 9.17) is 4.42 Å². The average molecular weight is 266 g/mol. The van der Waals surface area contributed by atoms with E-state index in [1.54, 1.807) is 18.6 Å². The summed E-state index contributed by atoms with van der Waals surface area (Å²) in [5.41, 5.74) is 2.96. The van der Waals surface area contributed by atoms with Crippen molar-refractivity contribution in [3.05, 3.63) is 54.0 Å². The molecular formula is C15H14N4O. The lowest BCUT2D eigenvalue weighted by molar-refractivity contribution is 0.589. The summed E-state index contributed by atoms with van der Waals surface area (Å²) in [7, 11) is 0. The normalized spacial score (nSPS) is 10.5. The summed E-state index contributed by atoms with van der Waals surface area (Å²) in [6, 6.07) is 8.15. The van der Waals surface area contributed by atoms with Crippen LogP contribution >= 0.6 is 0 Å². The first-order valence-corrected chi connectivity index (χ1v) is 6.30. The molecule has 0 unspecified atom stereocenters. The summed E-state index contributed by atoms with van der Waals surface area (Å²) in [5, 5.41) is 3.04. The number of aryl methyl sites for hydroxylation is 2. The van der Waals surface area contributed by atoms with Gasteiger partial charge in [-0.1, -0.05) is 6.07 Å². The molecule has 0 aliphatic heterocycles. The molecule has 0 aliphatic rings. The molecule has 0 saturated carbocycles. The smallest absolute Gasteiger partial charge is 0.300 e. The number of anilines is 2. The van der Waals surface area contributed by atoms with Gasteiger partial charge in [-0.2, -0.15) is 0 Å². The van der Waals surface area contributed by atoms with Crippen molar-refractivity contribution < 1.29 is 4.42 Å². The Bertz CT molecular complexity index is 736. The molecule has 0 bridgehead atoms. The van der Waals surface area contributed by atoms with E-state index >= 15 is 0 Å². The van der Waals surface area contributed by atoms with Crippen LogP contribution in [0.2, 0.25) is 0 Å². The Morgan fingerprint density at radius 1 is 1.05 bits per heavy atom. The predicted octanol–water partition coefficient (Wildman–Crippen LogP) is 3.49. The fourth-order valence-electron chi connectivity index (χ4n) is 1.90. The SMILES string of the molecule is Cc1ccnc(Nc2ncc(-c3ncccc3C)o2)c1. The molecule has 0 aliphatic carbocycles. The summed E-state index contributed by atoms with van der Waals surface area (Å²) in [5.74, 6) is 1.34. The second-order valence-electron chi connectivity index (χ2n) is 4.54. The quantitative estimate of drug-likeness (QED) is 0.786. The van der Waals surface area contributed by atoms with Gasteiger partial charge in [-0.3, -0.25) is 10.3 Å². The second kappa shape index (κ2) is 5.13. The number of nitrogens with zero attached hydrogens (tertiary/aromatic N) is 3. The van der Waals surface area contributed by atoms with Crippen molar-refractivity contribution in [3.63, 3.8) is 0 Å². The Labute approximate surface area is 116 Å². The van der Waals surface area contributed by atoms with E-state index in [0.29, 0.717) is 17.6 Å². The molecule has 100 valence electrons. The Morgan fingerprint density at radius 3 is 2.75 bits per heavy atom. The van der Waals surface area contributed by atoms with Crippen LogP contribution < -0.4 is 5.32 Å². The van der Waals surface area contributed by atoms with Gasteiger partial charge < -0.3 is 4.42 Å². The van der Waals surface area contributed by atoms with Gasteiger partial charge in [0.2, 0.25) is 0 Å². The highest BCUT2D eigenvalue weighted by molar-refractivity contribution is 5.58. The van der Waals surface area contributed by atoms with Crippen molar-refractivity contribution in [1.82, 2.24) is 15.0 Å². The Kier molecular flexibility index (Phi) is 3.16. The highest BCUT2D eigenvalue weighted by Gasteiger charge is 2.10. The van der Waals surface area contributed by atoms with Crippen LogP contribution in [0.3, 0.4) is 0 Å². The minimum absolute atomic E-state index is 0.406. The summed E-state index contributed by atoms with van der Waals surface area (Å²) >= 11 is 0. The van der Waals surface area contributed by atoms with Gasteiger partial charge >= 0.3 is 6.01 Å². The van der Waals surface area contributed by atoms with E-state index in [2.05, 4.69) is 20.3 Å². The maximum Gasteiger partial charge on any atom is 0.300 e. The van der Waals surface area contributed by atoms with Crippen LogP contribution in [0, 0.1) is 13.8 Å². The predicted molar refractivity (Wildman–Crippen MR) is 76.7 cm³/mol. The van der Waals surface area contributed by atoms with Crippen LogP contribution in [-0.2, 0) is 0 Å². The van der Waals surface area contributed by atoms with Gasteiger partial charge in [-0.05, 0) is 43.2 Å². The van der Waals surface area contributed by atoms with Gasteiger partial charge in [0.1, 0.15) is 11.5 Å². The van der Waals surface area contributed by atoms with Crippen molar-refractivity contribution in [2.45, 2.75) is 13.8 Å². The van der Waals surface area contributed by atoms with Crippen LogP contribution in [0.25, 0.3) is 11.5 Å². The largest absolute Gasteiger partial charge is 0.422 e. The first-order valence-electron chi connectivity index (χ1n) is 6.30. The molecule has 0 fully saturated rings. The van der Waals surface area contributed by atoms with E-state index in [1.165, 1.54) is 0 Å². The van der Waals surface area contributed by atoms with Crippen LogP contribution in [0.4, 0.5) is 11.8 Å². The maximum atomic E-state index is 5.67. The molecule has 5 nitrogen and oxygen atoms in total. The molecule has 20 heavy (non-hydrogen) atoms. The van der Waals surface area contributed by atoms with Gasteiger partial charge in [0, 0.05) is 12.4 Å². The number of pyridine rings is 2. The van der Waals surface area contributed by atoms with Gasteiger partial charge in [0.05, 0.1) is 6.20 Å². The molecule has 0 atom stereocenters. The Balaban J connectivity index is 1.86. The average Bonchev–Trinajstić information content (AvgIpc) is 2.87. The molecule has 3 rings (SSSR count). The molecule has 0 saturated heterocycles. The van der Waals surface area contributed by atoms with E-state index in [-0.39, 0.29) is 0 Å². The lowest BCUT2D eigenvalue weighted by Gasteiger charge is -2.02. The lowest BCUT2D eigenvalue weighted by Crippen LogP contribution is -1.93. The molecule has 3 aromatic rings. The summed E-state index contributed by atoms with van der Waals surface area (Å²) < 4.78 is 5.67. The van der Waals surface area contributed by atoms with Crippen molar-refractivity contribution in [3.8, 4) is 11.5 Å². The van der Waals surface area contributed by atoms with Crippen molar-refractivity contribution >= 4 is 11.8 Å². The van der Waals surface area contributed by atoms with Gasteiger partial charge in [-0.15, -0.1) is 0 Å². The van der Waals surface area contributed by atoms with E-state index in [9.17, 15) is 0 Å². The standard InChI is InChI=1S/C15H14N4O/c1-10-5-7-16-13(8-10)19-15-18-9-12(20-15)14-11(2)4-3-6-17-14/h3-9H,1-2H3,(H,16,18,19). The van der Waals surface area contributed by atoms with E-state index in [1.807, 2.05) is 38.1 Å². The number of hydrogen-bond donors (Lipinski definition) is 1. The van der Waals surface area contributed by atoms with Crippen LogP contribution in [0.1, 0.15) is 11.1 Å². The second-order valence-corrected chi connectivity index (χ2v) is 4.54. The van der Waals surface area contributed by atoms with Crippen LogP contribution in [0.5, 0.6) is 0 Å². The number of nitrogens with one attached hydrogen (secondary N) is 1. The lowest BCUT2D eigenvalue weighted by atomic mass is 10.2. The fourth-order valence-corrected chi connectivity index (χ4v) is 1.90. The van der Waals surface area contributed by atoms with Crippen molar-refractivity contribution in [2.24, 2.45) is 0 Å². The monoisotopic (exact) mass is 266 g/mol. The molecule has 1 N–H and O–H groups in total. The third kappa shape index (κ3) is 2.51. The highest BCUT2D eigenvalue weighted by Crippen LogP contribution is 2.24. The molecule has 0 amide bonds. The molecular weight excluding hydrogens is 252 g/mol. The minimum atomic E-state index is 0.406. The Hall–Kier alpha value is -2.69. The summed E-state index contributed by atoms with van der Waals surface area (Å²) in [6.07, 6.45) is 5.14. The number of rotatable bonds is 3. The third-order valence-corrected chi connectivity index (χ3v) is 2.90. The zero-order valence-electron chi connectivity index (χ0n) is 11.3. The first kappa shape index (κ1) is 12.3. The van der Waals surface area contributed by atoms with E-state index in [0.717, 1.165) is 16.8 Å². The number of aromatic nitrogens is 3. The van der Waals surface area contributed by atoms with Gasteiger partial charge in [-0.25, -0.2) is 9.97 Å². The molecule has 0 spiro atoms. The highest BCUT2D eigenvalue weighted by atomic mass is 16.4. The molecule has 3 aromatic heterocycles. The van der Waals surface area contributed by atoms with E-state index < -0.39 is 0 Å². The number of oxazole rings is 1. The topological polar surface area (TPSA) is 63.8 Å². The van der Waals surface area contributed by atoms with Crippen LogP contribution in [-0.4, -0.2) is 15.0 Å². The minimum Gasteiger partial charge on any atom is -0.422 e. The molecule has 0 aromatic carbocycles. The number of hydrogen-bond acceptors (Lipinski definition) is 5. The Morgan fingerprint density at radius 2 is 1.95 bits per heavy atom. The van der Waals surface area contributed by atoms with Crippen molar-refractivity contribution in [2.75, 3.05) is 5.32 Å².